The molecular weight excluding hydrogens is 338 g/mol. The lowest BCUT2D eigenvalue weighted by atomic mass is 10.0. The number of nitrogens with zero attached hydrogens (tertiary/aromatic N) is 2. The van der Waals surface area contributed by atoms with E-state index in [1.165, 1.54) is 5.56 Å². The maximum atomic E-state index is 6.15. The van der Waals surface area contributed by atoms with Crippen LogP contribution in [0.5, 0.6) is 0 Å². The van der Waals surface area contributed by atoms with Crippen LogP contribution in [0.1, 0.15) is 25.5 Å². The molecule has 20 heavy (non-hydrogen) atoms. The van der Waals surface area contributed by atoms with Crippen molar-refractivity contribution in [3.63, 3.8) is 0 Å². The van der Waals surface area contributed by atoms with Gasteiger partial charge in [-0.15, -0.1) is 0 Å². The average molecular weight is 361 g/mol. The fourth-order valence-corrected chi connectivity index (χ4v) is 3.63. The van der Waals surface area contributed by atoms with Crippen molar-refractivity contribution in [3.05, 3.63) is 33.3 Å². The molecule has 1 aliphatic rings. The van der Waals surface area contributed by atoms with Gasteiger partial charge in [0.25, 0.3) is 0 Å². The molecule has 0 aliphatic carbocycles. The Morgan fingerprint density at radius 1 is 1.35 bits per heavy atom. The van der Waals surface area contributed by atoms with Gasteiger partial charge in [0.05, 0.1) is 0 Å². The van der Waals surface area contributed by atoms with E-state index >= 15 is 0 Å². The van der Waals surface area contributed by atoms with Gasteiger partial charge in [-0.25, -0.2) is 0 Å². The van der Waals surface area contributed by atoms with Crippen molar-refractivity contribution in [2.75, 3.05) is 26.7 Å². The Morgan fingerprint density at radius 3 is 2.50 bits per heavy atom. The van der Waals surface area contributed by atoms with E-state index in [1.807, 2.05) is 18.2 Å². The highest BCUT2D eigenvalue weighted by Gasteiger charge is 2.31. The van der Waals surface area contributed by atoms with Crippen LogP contribution in [0, 0.1) is 0 Å². The molecule has 0 saturated carbocycles. The standard InChI is InChI=1S/C15H23BrClN3/c1-10-8-20(9-11(2)19(10)3)15(7-18)13-6-12(17)4-5-14(13)16/h4-6,10-11,15H,7-9,18H2,1-3H3. The summed E-state index contributed by atoms with van der Waals surface area (Å²) in [5.41, 5.74) is 7.25. The largest absolute Gasteiger partial charge is 0.329 e. The molecule has 0 bridgehead atoms. The Kier molecular flexibility index (Phi) is 5.49. The monoisotopic (exact) mass is 359 g/mol. The molecule has 0 aromatic heterocycles. The number of rotatable bonds is 3. The van der Waals surface area contributed by atoms with Crippen molar-refractivity contribution in [2.45, 2.75) is 32.0 Å². The molecule has 1 aromatic rings. The molecule has 3 atom stereocenters. The van der Waals surface area contributed by atoms with Crippen LogP contribution in [-0.4, -0.2) is 48.6 Å². The highest BCUT2D eigenvalue weighted by molar-refractivity contribution is 9.10. The number of benzene rings is 1. The molecule has 112 valence electrons. The summed E-state index contributed by atoms with van der Waals surface area (Å²) in [5, 5.41) is 0.761. The van der Waals surface area contributed by atoms with E-state index in [-0.39, 0.29) is 6.04 Å². The van der Waals surface area contributed by atoms with Crippen molar-refractivity contribution in [3.8, 4) is 0 Å². The quantitative estimate of drug-likeness (QED) is 0.899. The second-order valence-corrected chi connectivity index (χ2v) is 7.03. The van der Waals surface area contributed by atoms with Crippen molar-refractivity contribution in [1.82, 2.24) is 9.80 Å². The molecule has 1 aromatic carbocycles. The van der Waals surface area contributed by atoms with Crippen LogP contribution < -0.4 is 5.73 Å². The third-order valence-electron chi connectivity index (χ3n) is 4.37. The lowest BCUT2D eigenvalue weighted by Crippen LogP contribution is -2.56. The Morgan fingerprint density at radius 2 is 1.95 bits per heavy atom. The maximum absolute atomic E-state index is 6.15. The number of nitrogens with two attached hydrogens (primary N) is 1. The smallest absolute Gasteiger partial charge is 0.0483 e. The molecule has 5 heteroatoms. The van der Waals surface area contributed by atoms with Crippen LogP contribution in [0.4, 0.5) is 0 Å². The molecule has 3 unspecified atom stereocenters. The van der Waals surface area contributed by atoms with Crippen molar-refractivity contribution in [2.24, 2.45) is 5.73 Å². The summed E-state index contributed by atoms with van der Waals surface area (Å²) >= 11 is 9.78. The van der Waals surface area contributed by atoms with E-state index in [0.29, 0.717) is 18.6 Å². The number of hydrogen-bond acceptors (Lipinski definition) is 3. The Bertz CT molecular complexity index is 456. The maximum Gasteiger partial charge on any atom is 0.0483 e. The Balaban J connectivity index is 2.26. The normalized spacial score (nSPS) is 26.7. The first-order valence-electron chi connectivity index (χ1n) is 7.05. The van der Waals surface area contributed by atoms with E-state index < -0.39 is 0 Å². The van der Waals surface area contributed by atoms with Gasteiger partial charge in [0, 0.05) is 47.3 Å². The Labute approximate surface area is 135 Å². The molecule has 2 N–H and O–H groups in total. The second kappa shape index (κ2) is 6.75. The summed E-state index contributed by atoms with van der Waals surface area (Å²) in [6.07, 6.45) is 0. The first-order valence-corrected chi connectivity index (χ1v) is 8.22. The first-order chi connectivity index (χ1) is 9.43. The molecule has 1 fully saturated rings. The topological polar surface area (TPSA) is 32.5 Å². The molecule has 1 saturated heterocycles. The third kappa shape index (κ3) is 3.37. The molecule has 3 nitrogen and oxygen atoms in total. The van der Waals surface area contributed by atoms with E-state index in [1.54, 1.807) is 0 Å². The fraction of sp³-hybridized carbons (Fsp3) is 0.600. The van der Waals surface area contributed by atoms with Crippen LogP contribution in [0.2, 0.25) is 5.02 Å². The van der Waals surface area contributed by atoms with Crippen LogP contribution >= 0.6 is 27.5 Å². The molecule has 1 heterocycles. The van der Waals surface area contributed by atoms with Crippen LogP contribution in [0.15, 0.2) is 22.7 Å². The summed E-state index contributed by atoms with van der Waals surface area (Å²) in [6.45, 7) is 7.19. The van der Waals surface area contributed by atoms with Crippen molar-refractivity contribution >= 4 is 27.5 Å². The predicted molar refractivity (Wildman–Crippen MR) is 89.2 cm³/mol. The number of hydrogen-bond donors (Lipinski definition) is 1. The van der Waals surface area contributed by atoms with Gasteiger partial charge in [-0.1, -0.05) is 27.5 Å². The van der Waals surface area contributed by atoms with Gasteiger partial charge in [-0.3, -0.25) is 9.80 Å². The van der Waals surface area contributed by atoms with Gasteiger partial charge in [0.15, 0.2) is 0 Å². The summed E-state index contributed by atoms with van der Waals surface area (Å²) in [6, 6.07) is 7.20. The highest BCUT2D eigenvalue weighted by atomic mass is 79.9. The van der Waals surface area contributed by atoms with E-state index in [9.17, 15) is 0 Å². The van der Waals surface area contributed by atoms with Crippen LogP contribution in [0.25, 0.3) is 0 Å². The minimum Gasteiger partial charge on any atom is -0.329 e. The van der Waals surface area contributed by atoms with Gasteiger partial charge in [0.2, 0.25) is 0 Å². The molecule has 1 aliphatic heterocycles. The van der Waals surface area contributed by atoms with Gasteiger partial charge < -0.3 is 5.73 Å². The van der Waals surface area contributed by atoms with Crippen LogP contribution in [-0.2, 0) is 0 Å². The lowest BCUT2D eigenvalue weighted by Gasteiger charge is -2.45. The minimum atomic E-state index is 0.210. The summed E-state index contributed by atoms with van der Waals surface area (Å²) in [5.74, 6) is 0. The predicted octanol–water partition coefficient (Wildman–Crippen LogP) is 3.13. The Hall–Kier alpha value is -0.130. The first kappa shape index (κ1) is 16.2. The van der Waals surface area contributed by atoms with Crippen molar-refractivity contribution in [1.29, 1.82) is 0 Å². The SMILES string of the molecule is CC1CN(C(CN)c2cc(Cl)ccc2Br)CC(C)N1C. The zero-order valence-electron chi connectivity index (χ0n) is 12.3. The second-order valence-electron chi connectivity index (χ2n) is 5.73. The molecule has 2 rings (SSSR count). The zero-order valence-corrected chi connectivity index (χ0v) is 14.7. The molecule has 0 radical (unpaired) electrons. The average Bonchev–Trinajstić information content (AvgIpc) is 2.40. The fourth-order valence-electron chi connectivity index (χ4n) is 2.94. The lowest BCUT2D eigenvalue weighted by molar-refractivity contribution is 0.0350. The molecule has 0 spiro atoms. The summed E-state index contributed by atoms with van der Waals surface area (Å²) in [4.78, 5) is 4.91. The third-order valence-corrected chi connectivity index (χ3v) is 5.33. The number of halogens is 2. The summed E-state index contributed by atoms with van der Waals surface area (Å²) < 4.78 is 1.08. The van der Waals surface area contributed by atoms with Crippen molar-refractivity contribution < 1.29 is 0 Å². The number of piperazine rings is 1. The van der Waals surface area contributed by atoms with E-state index in [0.717, 1.165) is 22.6 Å². The number of likely N-dealkylation sites (N-methyl/N-ethyl adjacent to an activating group) is 1. The van der Waals surface area contributed by atoms with Gasteiger partial charge in [-0.05, 0) is 44.7 Å². The van der Waals surface area contributed by atoms with E-state index in [4.69, 9.17) is 17.3 Å². The van der Waals surface area contributed by atoms with Crippen LogP contribution in [0.3, 0.4) is 0 Å². The van der Waals surface area contributed by atoms with Gasteiger partial charge in [-0.2, -0.15) is 0 Å². The highest BCUT2D eigenvalue weighted by Crippen LogP contribution is 2.31. The molecule has 0 amide bonds. The minimum absolute atomic E-state index is 0.210. The summed E-state index contributed by atoms with van der Waals surface area (Å²) in [7, 11) is 2.19. The van der Waals surface area contributed by atoms with Gasteiger partial charge >= 0.3 is 0 Å². The van der Waals surface area contributed by atoms with E-state index in [2.05, 4.69) is 46.6 Å². The zero-order chi connectivity index (χ0) is 14.9. The molecular formula is C15H23BrClN3. The van der Waals surface area contributed by atoms with Gasteiger partial charge in [0.1, 0.15) is 0 Å².